The van der Waals surface area contributed by atoms with Crippen LogP contribution in [-0.4, -0.2) is 36.1 Å². The van der Waals surface area contributed by atoms with Crippen LogP contribution in [0.4, 0.5) is 0 Å². The van der Waals surface area contributed by atoms with E-state index in [9.17, 15) is 4.79 Å². The summed E-state index contributed by atoms with van der Waals surface area (Å²) in [6, 6.07) is 1.83. The van der Waals surface area contributed by atoms with Gasteiger partial charge in [-0.15, -0.1) is 11.6 Å². The molecule has 0 radical (unpaired) electrons. The largest absolute Gasteiger partial charge is 0.491 e. The summed E-state index contributed by atoms with van der Waals surface area (Å²) in [5, 5.41) is 2.22. The molecule has 0 aromatic carbocycles. The maximum absolute atomic E-state index is 11.5. The molecule has 0 bridgehead atoms. The number of halogens is 1. The van der Waals surface area contributed by atoms with Gasteiger partial charge >= 0.3 is 0 Å². The Morgan fingerprint density at radius 2 is 2.55 bits per heavy atom. The van der Waals surface area contributed by atoms with Gasteiger partial charge in [0.15, 0.2) is 0 Å². The first-order chi connectivity index (χ1) is 9.66. The minimum Gasteiger partial charge on any atom is -0.491 e. The van der Waals surface area contributed by atoms with Crippen LogP contribution in [0, 0.1) is 5.92 Å². The molecule has 20 heavy (non-hydrogen) atoms. The molecule has 1 aliphatic rings. The van der Waals surface area contributed by atoms with E-state index in [-0.39, 0.29) is 5.91 Å². The van der Waals surface area contributed by atoms with Gasteiger partial charge in [0.1, 0.15) is 11.1 Å². The van der Waals surface area contributed by atoms with Gasteiger partial charge in [0, 0.05) is 30.8 Å². The number of nitrogens with one attached hydrogen (secondary N) is 1. The van der Waals surface area contributed by atoms with Crippen molar-refractivity contribution in [1.82, 2.24) is 10.3 Å². The van der Waals surface area contributed by atoms with E-state index in [2.05, 4.69) is 10.3 Å². The van der Waals surface area contributed by atoms with E-state index < -0.39 is 5.38 Å². The first kappa shape index (κ1) is 15.1. The third-order valence-corrected chi connectivity index (χ3v) is 3.38. The first-order valence-electron chi connectivity index (χ1n) is 6.72. The van der Waals surface area contributed by atoms with Crippen LogP contribution in [0.15, 0.2) is 18.5 Å². The summed E-state index contributed by atoms with van der Waals surface area (Å²) in [6.07, 6.45) is 4.37. The molecule has 1 N–H and O–H groups in total. The lowest BCUT2D eigenvalue weighted by Crippen LogP contribution is -2.29. The number of aromatic nitrogens is 1. The van der Waals surface area contributed by atoms with Crippen LogP contribution in [0.5, 0.6) is 5.75 Å². The molecule has 2 rings (SSSR count). The number of pyridine rings is 1. The lowest BCUT2D eigenvalue weighted by atomic mass is 10.1. The SMILES string of the molecule is CC(Cl)C(=O)NCc1ccncc1OCC1CCOC1. The minimum absolute atomic E-state index is 0.196. The molecule has 110 valence electrons. The number of hydrogen-bond donors (Lipinski definition) is 1. The summed E-state index contributed by atoms with van der Waals surface area (Å²) in [6.45, 7) is 4.18. The maximum Gasteiger partial charge on any atom is 0.238 e. The van der Waals surface area contributed by atoms with Crippen molar-refractivity contribution < 1.29 is 14.3 Å². The number of carbonyl (C=O) groups excluding carboxylic acids is 1. The fourth-order valence-corrected chi connectivity index (χ4v) is 2.01. The van der Waals surface area contributed by atoms with Gasteiger partial charge < -0.3 is 14.8 Å². The zero-order valence-electron chi connectivity index (χ0n) is 11.5. The highest BCUT2D eigenvalue weighted by Crippen LogP contribution is 2.19. The average Bonchev–Trinajstić information content (AvgIpc) is 2.96. The molecule has 0 aliphatic carbocycles. The van der Waals surface area contributed by atoms with E-state index in [0.717, 1.165) is 25.2 Å². The summed E-state index contributed by atoms with van der Waals surface area (Å²) in [7, 11) is 0. The maximum atomic E-state index is 11.5. The summed E-state index contributed by atoms with van der Waals surface area (Å²) >= 11 is 5.71. The topological polar surface area (TPSA) is 60.5 Å². The van der Waals surface area contributed by atoms with Crippen molar-refractivity contribution in [3.05, 3.63) is 24.0 Å². The second-order valence-electron chi connectivity index (χ2n) is 4.86. The number of ether oxygens (including phenoxy) is 2. The van der Waals surface area contributed by atoms with Crippen molar-refractivity contribution in [3.63, 3.8) is 0 Å². The Balaban J connectivity index is 1.89. The van der Waals surface area contributed by atoms with Crippen molar-refractivity contribution in [1.29, 1.82) is 0 Å². The average molecular weight is 299 g/mol. The molecule has 2 heterocycles. The van der Waals surface area contributed by atoms with Crippen LogP contribution in [0.2, 0.25) is 0 Å². The Morgan fingerprint density at radius 1 is 1.70 bits per heavy atom. The molecule has 0 saturated carbocycles. The number of amides is 1. The normalized spacial score (nSPS) is 19.6. The third-order valence-electron chi connectivity index (χ3n) is 3.18. The van der Waals surface area contributed by atoms with Crippen LogP contribution in [0.25, 0.3) is 0 Å². The van der Waals surface area contributed by atoms with Crippen LogP contribution >= 0.6 is 11.6 Å². The third kappa shape index (κ3) is 4.35. The molecule has 2 unspecified atom stereocenters. The number of nitrogens with zero attached hydrogens (tertiary/aromatic N) is 1. The van der Waals surface area contributed by atoms with Crippen LogP contribution < -0.4 is 10.1 Å². The highest BCUT2D eigenvalue weighted by molar-refractivity contribution is 6.30. The van der Waals surface area contributed by atoms with Crippen molar-refractivity contribution in [2.75, 3.05) is 19.8 Å². The van der Waals surface area contributed by atoms with Crippen molar-refractivity contribution in [2.24, 2.45) is 5.92 Å². The van der Waals surface area contributed by atoms with E-state index in [4.69, 9.17) is 21.1 Å². The highest BCUT2D eigenvalue weighted by atomic mass is 35.5. The van der Waals surface area contributed by atoms with Gasteiger partial charge in [-0.2, -0.15) is 0 Å². The zero-order chi connectivity index (χ0) is 14.4. The second-order valence-corrected chi connectivity index (χ2v) is 5.51. The number of hydrogen-bond acceptors (Lipinski definition) is 4. The number of alkyl halides is 1. The van der Waals surface area contributed by atoms with Gasteiger partial charge in [0.05, 0.1) is 19.4 Å². The summed E-state index contributed by atoms with van der Waals surface area (Å²) in [5.74, 6) is 0.932. The van der Waals surface area contributed by atoms with Crippen molar-refractivity contribution >= 4 is 17.5 Å². The summed E-state index contributed by atoms with van der Waals surface area (Å²) in [4.78, 5) is 15.5. The van der Waals surface area contributed by atoms with Crippen LogP contribution in [0.3, 0.4) is 0 Å². The Hall–Kier alpha value is -1.33. The fraction of sp³-hybridized carbons (Fsp3) is 0.571. The monoisotopic (exact) mass is 298 g/mol. The molecule has 1 fully saturated rings. The van der Waals surface area contributed by atoms with Crippen molar-refractivity contribution in [3.8, 4) is 5.75 Å². The quantitative estimate of drug-likeness (QED) is 0.813. The lowest BCUT2D eigenvalue weighted by molar-refractivity contribution is -0.120. The van der Waals surface area contributed by atoms with E-state index in [1.165, 1.54) is 0 Å². The van der Waals surface area contributed by atoms with Gasteiger partial charge in [0.25, 0.3) is 0 Å². The molecule has 6 heteroatoms. The molecule has 1 amide bonds. The molecule has 1 aliphatic heterocycles. The van der Waals surface area contributed by atoms with Gasteiger partial charge in [-0.1, -0.05) is 0 Å². The molecule has 2 atom stereocenters. The summed E-state index contributed by atoms with van der Waals surface area (Å²) in [5.41, 5.74) is 0.893. The molecule has 0 spiro atoms. The molecular formula is C14H19ClN2O3. The van der Waals surface area contributed by atoms with Crippen LogP contribution in [-0.2, 0) is 16.1 Å². The van der Waals surface area contributed by atoms with Crippen molar-refractivity contribution in [2.45, 2.75) is 25.3 Å². The van der Waals surface area contributed by atoms with Crippen LogP contribution in [0.1, 0.15) is 18.9 Å². The Morgan fingerprint density at radius 3 is 3.25 bits per heavy atom. The second kappa shape index (κ2) is 7.45. The predicted octanol–water partition coefficient (Wildman–Crippen LogP) is 1.74. The van der Waals surface area contributed by atoms with Gasteiger partial charge in [-0.3, -0.25) is 9.78 Å². The minimum atomic E-state index is -0.545. The Bertz CT molecular complexity index is 448. The smallest absolute Gasteiger partial charge is 0.238 e. The lowest BCUT2D eigenvalue weighted by Gasteiger charge is -2.14. The molecule has 1 aromatic rings. The van der Waals surface area contributed by atoms with E-state index >= 15 is 0 Å². The highest BCUT2D eigenvalue weighted by Gasteiger charge is 2.17. The first-order valence-corrected chi connectivity index (χ1v) is 7.15. The van der Waals surface area contributed by atoms with Gasteiger partial charge in [0.2, 0.25) is 5.91 Å². The standard InChI is InChI=1S/C14H19ClN2O3/c1-10(15)14(18)17-6-12-2-4-16-7-13(12)20-9-11-3-5-19-8-11/h2,4,7,10-11H,3,5-6,8-9H2,1H3,(H,17,18). The summed E-state index contributed by atoms with van der Waals surface area (Å²) < 4.78 is 11.1. The van der Waals surface area contributed by atoms with Gasteiger partial charge in [-0.25, -0.2) is 0 Å². The molecule has 1 aromatic heterocycles. The number of carbonyl (C=O) groups is 1. The fourth-order valence-electron chi connectivity index (χ4n) is 1.93. The van der Waals surface area contributed by atoms with E-state index in [1.807, 2.05) is 6.07 Å². The predicted molar refractivity (Wildman–Crippen MR) is 75.8 cm³/mol. The number of rotatable bonds is 6. The Labute approximate surface area is 123 Å². The molecule has 5 nitrogen and oxygen atoms in total. The zero-order valence-corrected chi connectivity index (χ0v) is 12.2. The molecule has 1 saturated heterocycles. The molecular weight excluding hydrogens is 280 g/mol. The van der Waals surface area contributed by atoms with Gasteiger partial charge in [-0.05, 0) is 19.4 Å². The Kier molecular flexibility index (Phi) is 5.61. The van der Waals surface area contributed by atoms with E-state index in [1.54, 1.807) is 19.3 Å². The van der Waals surface area contributed by atoms with E-state index in [0.29, 0.717) is 24.8 Å².